The van der Waals surface area contributed by atoms with E-state index in [0.29, 0.717) is 30.4 Å². The van der Waals surface area contributed by atoms with Crippen molar-refractivity contribution in [2.45, 2.75) is 6.42 Å². The van der Waals surface area contributed by atoms with Crippen molar-refractivity contribution >= 4 is 5.91 Å². The first kappa shape index (κ1) is 16.4. The van der Waals surface area contributed by atoms with E-state index in [2.05, 4.69) is 5.32 Å². The van der Waals surface area contributed by atoms with Crippen LogP contribution >= 0.6 is 0 Å². The highest BCUT2D eigenvalue weighted by Crippen LogP contribution is 2.25. The molecule has 1 aliphatic heterocycles. The minimum atomic E-state index is -0.782. The molecule has 1 N–H and O–H groups in total. The van der Waals surface area contributed by atoms with E-state index >= 15 is 0 Å². The number of carbonyl (C=O) groups is 1. The molecule has 0 saturated carbocycles. The van der Waals surface area contributed by atoms with Crippen molar-refractivity contribution in [2.24, 2.45) is 5.92 Å². The molecule has 1 aliphatic rings. The number of nitrogens with one attached hydrogen (secondary N) is 1. The molecule has 1 heterocycles. The van der Waals surface area contributed by atoms with Gasteiger partial charge < -0.3 is 14.8 Å². The molecule has 2 aromatic carbocycles. The largest absolute Gasteiger partial charge is 0.454 e. The number of hydrogen-bond acceptors (Lipinski definition) is 3. The van der Waals surface area contributed by atoms with E-state index in [1.807, 2.05) is 0 Å². The Morgan fingerprint density at radius 3 is 2.67 bits per heavy atom. The third-order valence-corrected chi connectivity index (χ3v) is 3.81. The summed E-state index contributed by atoms with van der Waals surface area (Å²) in [5, 5.41) is 2.86. The Bertz CT molecular complexity index is 713. The van der Waals surface area contributed by atoms with Crippen LogP contribution in [-0.4, -0.2) is 25.7 Å². The van der Waals surface area contributed by atoms with Crippen LogP contribution in [0.3, 0.4) is 0 Å². The first-order chi connectivity index (χ1) is 11.6. The van der Waals surface area contributed by atoms with Gasteiger partial charge in [-0.2, -0.15) is 0 Å². The molecule has 0 bridgehead atoms. The second kappa shape index (κ2) is 7.40. The van der Waals surface area contributed by atoms with Crippen molar-refractivity contribution in [2.75, 3.05) is 19.8 Å². The topological polar surface area (TPSA) is 47.6 Å². The van der Waals surface area contributed by atoms with E-state index in [1.165, 1.54) is 6.07 Å². The molecule has 0 unspecified atom stereocenters. The maximum atomic E-state index is 13.6. The summed E-state index contributed by atoms with van der Waals surface area (Å²) >= 11 is 0. The monoisotopic (exact) mass is 333 g/mol. The van der Waals surface area contributed by atoms with Crippen LogP contribution in [-0.2, 0) is 4.74 Å². The predicted molar refractivity (Wildman–Crippen MR) is 84.1 cm³/mol. The number of halogens is 2. The minimum Gasteiger partial charge on any atom is -0.454 e. The van der Waals surface area contributed by atoms with Crippen LogP contribution in [0.5, 0.6) is 11.5 Å². The molecule has 24 heavy (non-hydrogen) atoms. The van der Waals surface area contributed by atoms with Crippen molar-refractivity contribution in [1.82, 2.24) is 5.32 Å². The van der Waals surface area contributed by atoms with Gasteiger partial charge in [0.05, 0.1) is 6.61 Å². The van der Waals surface area contributed by atoms with Gasteiger partial charge in [-0.05, 0) is 42.8 Å². The van der Waals surface area contributed by atoms with Gasteiger partial charge in [0.25, 0.3) is 5.91 Å². The Labute approximate surface area is 138 Å². The first-order valence-corrected chi connectivity index (χ1v) is 7.71. The smallest absolute Gasteiger partial charge is 0.251 e. The summed E-state index contributed by atoms with van der Waals surface area (Å²) in [7, 11) is 0. The molecule has 1 fully saturated rings. The summed E-state index contributed by atoms with van der Waals surface area (Å²) in [5.41, 5.74) is 0.487. The molecule has 1 saturated heterocycles. The first-order valence-electron chi connectivity index (χ1n) is 7.71. The molecule has 6 heteroatoms. The fourth-order valence-corrected chi connectivity index (χ4v) is 2.44. The van der Waals surface area contributed by atoms with Crippen LogP contribution in [0.15, 0.2) is 42.5 Å². The zero-order valence-electron chi connectivity index (χ0n) is 12.9. The van der Waals surface area contributed by atoms with Crippen LogP contribution in [0.1, 0.15) is 16.8 Å². The maximum absolute atomic E-state index is 13.6. The van der Waals surface area contributed by atoms with Gasteiger partial charge in [0.1, 0.15) is 11.6 Å². The van der Waals surface area contributed by atoms with Gasteiger partial charge in [0, 0.05) is 30.7 Å². The summed E-state index contributed by atoms with van der Waals surface area (Å²) in [6.07, 6.45) is 0.955. The van der Waals surface area contributed by atoms with E-state index < -0.39 is 11.6 Å². The fourth-order valence-electron chi connectivity index (χ4n) is 2.44. The van der Waals surface area contributed by atoms with E-state index in [1.54, 1.807) is 24.3 Å². The van der Waals surface area contributed by atoms with Crippen molar-refractivity contribution in [3.63, 3.8) is 0 Å². The Hall–Kier alpha value is -2.47. The van der Waals surface area contributed by atoms with Crippen LogP contribution < -0.4 is 10.1 Å². The molecule has 1 amide bonds. The highest BCUT2D eigenvalue weighted by molar-refractivity contribution is 5.94. The molecular formula is C18H17F2NO3. The van der Waals surface area contributed by atoms with Crippen molar-refractivity contribution in [3.8, 4) is 11.5 Å². The average Bonchev–Trinajstić information content (AvgIpc) is 3.09. The molecule has 0 spiro atoms. The molecule has 0 aromatic heterocycles. The Balaban J connectivity index is 1.59. The van der Waals surface area contributed by atoms with E-state index in [-0.39, 0.29) is 11.7 Å². The van der Waals surface area contributed by atoms with Gasteiger partial charge in [-0.3, -0.25) is 4.79 Å². The predicted octanol–water partition coefficient (Wildman–Crippen LogP) is 3.52. The summed E-state index contributed by atoms with van der Waals surface area (Å²) in [4.78, 5) is 12.1. The Kier molecular flexibility index (Phi) is 5.05. The second-order valence-electron chi connectivity index (χ2n) is 5.64. The van der Waals surface area contributed by atoms with Gasteiger partial charge in [0.2, 0.25) is 0 Å². The third kappa shape index (κ3) is 4.08. The second-order valence-corrected chi connectivity index (χ2v) is 5.64. The lowest BCUT2D eigenvalue weighted by Crippen LogP contribution is -2.29. The van der Waals surface area contributed by atoms with Crippen LogP contribution in [0.25, 0.3) is 0 Å². The Morgan fingerprint density at radius 2 is 2.00 bits per heavy atom. The number of ether oxygens (including phenoxy) is 2. The lowest BCUT2D eigenvalue weighted by atomic mass is 10.1. The number of rotatable bonds is 5. The zero-order chi connectivity index (χ0) is 16.9. The molecule has 0 radical (unpaired) electrons. The zero-order valence-corrected chi connectivity index (χ0v) is 12.9. The van der Waals surface area contributed by atoms with E-state index in [4.69, 9.17) is 9.47 Å². The van der Waals surface area contributed by atoms with Gasteiger partial charge >= 0.3 is 0 Å². The molecule has 1 atom stereocenters. The fraction of sp³-hybridized carbons (Fsp3) is 0.278. The highest BCUT2D eigenvalue weighted by atomic mass is 19.1. The number of hydrogen-bond donors (Lipinski definition) is 1. The quantitative estimate of drug-likeness (QED) is 0.911. The average molecular weight is 333 g/mol. The van der Waals surface area contributed by atoms with Crippen molar-refractivity contribution in [1.29, 1.82) is 0 Å². The number of benzene rings is 2. The highest BCUT2D eigenvalue weighted by Gasteiger charge is 2.16. The minimum absolute atomic E-state index is 0.0742. The van der Waals surface area contributed by atoms with E-state index in [0.717, 1.165) is 25.2 Å². The summed E-state index contributed by atoms with van der Waals surface area (Å²) in [5.74, 6) is -0.981. The Morgan fingerprint density at radius 1 is 1.21 bits per heavy atom. The summed E-state index contributed by atoms with van der Waals surface area (Å²) < 4.78 is 37.0. The van der Waals surface area contributed by atoms with Crippen molar-refractivity contribution in [3.05, 3.63) is 59.7 Å². The lowest BCUT2D eigenvalue weighted by molar-refractivity contribution is 0.0945. The SMILES string of the molecule is O=C(NC[C@H]1CCOC1)c1ccc(Oc2ccc(F)cc2F)cc1. The van der Waals surface area contributed by atoms with Crippen LogP contribution in [0.2, 0.25) is 0 Å². The van der Waals surface area contributed by atoms with Gasteiger partial charge in [-0.15, -0.1) is 0 Å². The standard InChI is InChI=1S/C18H17F2NO3/c19-14-3-6-17(16(20)9-14)24-15-4-1-13(2-5-15)18(22)21-10-12-7-8-23-11-12/h1-6,9,12H,7-8,10-11H2,(H,21,22)/t12-/m1/s1. The third-order valence-electron chi connectivity index (χ3n) is 3.81. The van der Waals surface area contributed by atoms with Gasteiger partial charge in [-0.25, -0.2) is 8.78 Å². The molecule has 4 nitrogen and oxygen atoms in total. The molecule has 3 rings (SSSR count). The summed E-state index contributed by atoms with van der Waals surface area (Å²) in [6, 6.07) is 9.41. The molecule has 2 aromatic rings. The van der Waals surface area contributed by atoms with Crippen LogP contribution in [0.4, 0.5) is 8.78 Å². The van der Waals surface area contributed by atoms with Gasteiger partial charge in [0.15, 0.2) is 11.6 Å². The van der Waals surface area contributed by atoms with E-state index in [9.17, 15) is 13.6 Å². The van der Waals surface area contributed by atoms with Crippen LogP contribution in [0, 0.1) is 17.6 Å². The molecule has 126 valence electrons. The van der Waals surface area contributed by atoms with Crippen molar-refractivity contribution < 1.29 is 23.0 Å². The molecule has 0 aliphatic carbocycles. The normalized spacial score (nSPS) is 16.8. The van der Waals surface area contributed by atoms with Gasteiger partial charge in [-0.1, -0.05) is 0 Å². The molecular weight excluding hydrogens is 316 g/mol. The summed E-state index contributed by atoms with van der Waals surface area (Å²) in [6.45, 7) is 2.00. The lowest BCUT2D eigenvalue weighted by Gasteiger charge is -2.10. The number of carbonyl (C=O) groups excluding carboxylic acids is 1. The number of amides is 1. The maximum Gasteiger partial charge on any atom is 0.251 e.